The first-order chi connectivity index (χ1) is 9.31. The van der Waals surface area contributed by atoms with Crippen molar-refractivity contribution in [2.45, 2.75) is 25.3 Å². The highest BCUT2D eigenvalue weighted by Crippen LogP contribution is 2.38. The van der Waals surface area contributed by atoms with E-state index in [0.29, 0.717) is 0 Å². The summed E-state index contributed by atoms with van der Waals surface area (Å²) in [7, 11) is 1.74. The number of benzene rings is 2. The van der Waals surface area contributed by atoms with Gasteiger partial charge in [0.15, 0.2) is 0 Å². The van der Waals surface area contributed by atoms with Gasteiger partial charge in [-0.3, -0.25) is 0 Å². The van der Waals surface area contributed by atoms with Crippen molar-refractivity contribution in [2.24, 2.45) is 0 Å². The van der Waals surface area contributed by atoms with E-state index in [4.69, 9.17) is 16.4 Å². The summed E-state index contributed by atoms with van der Waals surface area (Å²) in [5.74, 6) is 0. The Bertz CT molecular complexity index is 584. The molecule has 1 fully saturated rings. The highest BCUT2D eigenvalue weighted by Gasteiger charge is 2.26. The molecule has 1 heterocycles. The van der Waals surface area contributed by atoms with Crippen LogP contribution in [-0.4, -0.2) is 18.7 Å². The molecule has 0 radical (unpaired) electrons. The second-order valence-electron chi connectivity index (χ2n) is 5.02. The van der Waals surface area contributed by atoms with Crippen molar-refractivity contribution in [3.8, 4) is 0 Å². The van der Waals surface area contributed by atoms with Crippen molar-refractivity contribution in [3.63, 3.8) is 0 Å². The third-order valence-electron chi connectivity index (χ3n) is 3.94. The number of hydrogen-bond donors (Lipinski definition) is 0. The topological polar surface area (TPSA) is 12.5 Å². The Labute approximate surface area is 118 Å². The minimum Gasteiger partial charge on any atom is -0.302 e. The van der Waals surface area contributed by atoms with Crippen molar-refractivity contribution in [2.75, 3.05) is 13.7 Å². The number of halogens is 1. The van der Waals surface area contributed by atoms with E-state index in [1.54, 1.807) is 7.11 Å². The maximum atomic E-state index is 6.61. The van der Waals surface area contributed by atoms with Crippen LogP contribution in [0, 0.1) is 0 Å². The van der Waals surface area contributed by atoms with Gasteiger partial charge in [-0.25, -0.2) is 0 Å². The van der Waals surface area contributed by atoms with Crippen LogP contribution in [0.4, 0.5) is 0 Å². The van der Waals surface area contributed by atoms with Crippen molar-refractivity contribution >= 4 is 22.4 Å². The largest absolute Gasteiger partial charge is 0.302 e. The van der Waals surface area contributed by atoms with Gasteiger partial charge in [-0.1, -0.05) is 54.4 Å². The van der Waals surface area contributed by atoms with Crippen LogP contribution in [-0.2, 0) is 4.84 Å². The molecule has 19 heavy (non-hydrogen) atoms. The van der Waals surface area contributed by atoms with Gasteiger partial charge in [-0.05, 0) is 23.8 Å². The monoisotopic (exact) mass is 275 g/mol. The minimum absolute atomic E-state index is 0.274. The number of nitrogens with zero attached hydrogens (tertiary/aromatic N) is 1. The summed E-state index contributed by atoms with van der Waals surface area (Å²) in [4.78, 5) is 5.50. The molecule has 0 saturated carbocycles. The third kappa shape index (κ3) is 2.36. The maximum Gasteiger partial charge on any atom is 0.0616 e. The quantitative estimate of drug-likeness (QED) is 0.795. The molecule has 3 heteroatoms. The van der Waals surface area contributed by atoms with Gasteiger partial charge in [0.25, 0.3) is 0 Å². The smallest absolute Gasteiger partial charge is 0.0616 e. The van der Waals surface area contributed by atoms with Crippen LogP contribution < -0.4 is 0 Å². The third-order valence-corrected chi connectivity index (χ3v) is 4.36. The molecule has 0 aromatic heterocycles. The highest BCUT2D eigenvalue weighted by atomic mass is 35.5. The number of fused-ring (bicyclic) bond motifs is 1. The standard InChI is InChI=1S/C16H18ClNO/c1-19-18-11-5-4-8-15(18)14-10-9-12-6-2-3-7-13(12)16(14)17/h2-3,6-7,9-10,15H,4-5,8,11H2,1H3. The Kier molecular flexibility index (Phi) is 3.74. The van der Waals surface area contributed by atoms with Gasteiger partial charge < -0.3 is 4.84 Å². The van der Waals surface area contributed by atoms with Crippen molar-refractivity contribution in [3.05, 3.63) is 47.0 Å². The van der Waals surface area contributed by atoms with E-state index in [0.717, 1.165) is 23.4 Å². The molecule has 1 saturated heterocycles. The fourth-order valence-corrected chi connectivity index (χ4v) is 3.30. The van der Waals surface area contributed by atoms with Gasteiger partial charge in [0.1, 0.15) is 0 Å². The van der Waals surface area contributed by atoms with E-state index < -0.39 is 0 Å². The molecule has 0 N–H and O–H groups in total. The summed E-state index contributed by atoms with van der Waals surface area (Å²) >= 11 is 6.61. The van der Waals surface area contributed by atoms with Crippen LogP contribution in [0.2, 0.25) is 5.02 Å². The summed E-state index contributed by atoms with van der Waals surface area (Å²) in [5, 5.41) is 5.24. The molecule has 2 aromatic rings. The van der Waals surface area contributed by atoms with Gasteiger partial charge in [0.05, 0.1) is 18.2 Å². The normalized spacial score (nSPS) is 20.8. The zero-order valence-corrected chi connectivity index (χ0v) is 11.9. The van der Waals surface area contributed by atoms with Crippen LogP contribution in [0.3, 0.4) is 0 Å². The fourth-order valence-electron chi connectivity index (χ4n) is 2.94. The Balaban J connectivity index is 2.06. The van der Waals surface area contributed by atoms with Gasteiger partial charge in [0, 0.05) is 11.9 Å². The zero-order chi connectivity index (χ0) is 13.2. The first kappa shape index (κ1) is 12.9. The summed E-state index contributed by atoms with van der Waals surface area (Å²) in [5.41, 5.74) is 1.18. The molecule has 3 rings (SSSR count). The second-order valence-corrected chi connectivity index (χ2v) is 5.40. The van der Waals surface area contributed by atoms with E-state index in [-0.39, 0.29) is 6.04 Å². The van der Waals surface area contributed by atoms with Crippen LogP contribution in [0.25, 0.3) is 10.8 Å². The molecule has 1 aliphatic heterocycles. The van der Waals surface area contributed by atoms with Gasteiger partial charge in [-0.15, -0.1) is 0 Å². The van der Waals surface area contributed by atoms with Crippen LogP contribution in [0.15, 0.2) is 36.4 Å². The molecular formula is C16H18ClNO. The fraction of sp³-hybridized carbons (Fsp3) is 0.375. The molecule has 2 aromatic carbocycles. The molecular weight excluding hydrogens is 258 g/mol. The number of piperidine rings is 1. The van der Waals surface area contributed by atoms with Crippen molar-refractivity contribution in [1.29, 1.82) is 0 Å². The molecule has 1 unspecified atom stereocenters. The molecule has 0 spiro atoms. The van der Waals surface area contributed by atoms with Crippen LogP contribution in [0.5, 0.6) is 0 Å². The lowest BCUT2D eigenvalue weighted by Gasteiger charge is -2.34. The Morgan fingerprint density at radius 2 is 2.00 bits per heavy atom. The van der Waals surface area contributed by atoms with E-state index >= 15 is 0 Å². The number of rotatable bonds is 2. The van der Waals surface area contributed by atoms with Crippen molar-refractivity contribution in [1.82, 2.24) is 5.06 Å². The van der Waals surface area contributed by atoms with Crippen LogP contribution in [0.1, 0.15) is 30.9 Å². The summed E-state index contributed by atoms with van der Waals surface area (Å²) in [6.07, 6.45) is 3.52. The second kappa shape index (κ2) is 5.49. The van der Waals surface area contributed by atoms with Crippen LogP contribution >= 0.6 is 11.6 Å². The number of hydrogen-bond acceptors (Lipinski definition) is 2. The van der Waals surface area contributed by atoms with Gasteiger partial charge >= 0.3 is 0 Å². The minimum atomic E-state index is 0.274. The molecule has 0 aliphatic carbocycles. The number of hydroxylamine groups is 2. The lowest BCUT2D eigenvalue weighted by Crippen LogP contribution is -2.32. The van der Waals surface area contributed by atoms with Crippen molar-refractivity contribution < 1.29 is 4.84 Å². The summed E-state index contributed by atoms with van der Waals surface area (Å²) in [6.45, 7) is 0.977. The van der Waals surface area contributed by atoms with E-state index in [1.807, 2.05) is 12.1 Å². The van der Waals surface area contributed by atoms with Gasteiger partial charge in [0.2, 0.25) is 0 Å². The predicted octanol–water partition coefficient (Wildman–Crippen LogP) is 4.58. The van der Waals surface area contributed by atoms with E-state index in [9.17, 15) is 0 Å². The molecule has 0 amide bonds. The highest BCUT2D eigenvalue weighted by molar-refractivity contribution is 6.36. The molecule has 1 aliphatic rings. The zero-order valence-electron chi connectivity index (χ0n) is 11.1. The van der Waals surface area contributed by atoms with Gasteiger partial charge in [-0.2, -0.15) is 5.06 Å². The Morgan fingerprint density at radius 1 is 1.16 bits per heavy atom. The lowest BCUT2D eigenvalue weighted by atomic mass is 9.95. The summed E-state index contributed by atoms with van der Waals surface area (Å²) in [6, 6.07) is 12.8. The maximum absolute atomic E-state index is 6.61. The Hall–Kier alpha value is -1.09. The first-order valence-corrected chi connectivity index (χ1v) is 7.17. The predicted molar refractivity (Wildman–Crippen MR) is 79.3 cm³/mol. The summed E-state index contributed by atoms with van der Waals surface area (Å²) < 4.78 is 0. The SMILES string of the molecule is CON1CCCCC1c1ccc2ccccc2c1Cl. The van der Waals surface area contributed by atoms with E-state index in [1.165, 1.54) is 23.8 Å². The first-order valence-electron chi connectivity index (χ1n) is 6.79. The Morgan fingerprint density at radius 3 is 2.84 bits per heavy atom. The molecule has 2 nitrogen and oxygen atoms in total. The lowest BCUT2D eigenvalue weighted by molar-refractivity contribution is -0.176. The average molecular weight is 276 g/mol. The molecule has 100 valence electrons. The molecule has 1 atom stereocenters. The average Bonchev–Trinajstić information content (AvgIpc) is 2.48. The van der Waals surface area contributed by atoms with E-state index in [2.05, 4.69) is 29.3 Å². The molecule has 0 bridgehead atoms.